The molecular weight excluding hydrogens is 320 g/mol. The maximum atomic E-state index is 9.18. The molecule has 1 aliphatic heterocycles. The Kier molecular flexibility index (Phi) is 5.28. The molecule has 0 aromatic heterocycles. The molecule has 136 valence electrons. The van der Waals surface area contributed by atoms with Crippen LogP contribution in [0.25, 0.3) is 6.08 Å². The number of allylic oxidation sites excluding steroid dienone is 1. The molecule has 26 heavy (non-hydrogen) atoms. The van der Waals surface area contributed by atoms with Gasteiger partial charge in [-0.05, 0) is 44.5 Å². The van der Waals surface area contributed by atoms with Crippen LogP contribution in [0.5, 0.6) is 0 Å². The van der Waals surface area contributed by atoms with E-state index in [-0.39, 0.29) is 12.0 Å². The van der Waals surface area contributed by atoms with Crippen molar-refractivity contribution in [2.24, 2.45) is 0 Å². The summed E-state index contributed by atoms with van der Waals surface area (Å²) in [4.78, 5) is 2.17. The van der Waals surface area contributed by atoms with Crippen LogP contribution in [-0.4, -0.2) is 42.1 Å². The Bertz CT molecular complexity index is 832. The summed E-state index contributed by atoms with van der Waals surface area (Å²) in [7, 11) is 2.14. The van der Waals surface area contributed by atoms with Gasteiger partial charge in [0.15, 0.2) is 5.71 Å². The van der Waals surface area contributed by atoms with E-state index in [2.05, 4.69) is 98.0 Å². The van der Waals surface area contributed by atoms with Crippen molar-refractivity contribution in [3.8, 4) is 0 Å². The zero-order chi connectivity index (χ0) is 18.7. The Hall–Kier alpha value is -2.39. The summed E-state index contributed by atoms with van der Waals surface area (Å²) in [5.74, 6) is 0. The van der Waals surface area contributed by atoms with Crippen molar-refractivity contribution >= 4 is 23.2 Å². The van der Waals surface area contributed by atoms with Crippen molar-refractivity contribution in [1.82, 2.24) is 0 Å². The Balaban J connectivity index is 1.83. The van der Waals surface area contributed by atoms with Crippen molar-refractivity contribution in [2.45, 2.75) is 26.2 Å². The quantitative estimate of drug-likeness (QED) is 0.790. The molecule has 0 amide bonds. The molecule has 0 saturated carbocycles. The summed E-state index contributed by atoms with van der Waals surface area (Å²) >= 11 is 0. The van der Waals surface area contributed by atoms with E-state index in [1.807, 2.05) is 0 Å². The Morgan fingerprint density at radius 1 is 1.04 bits per heavy atom. The number of hydrogen-bond acceptors (Lipinski definition) is 2. The second kappa shape index (κ2) is 7.46. The monoisotopic (exact) mass is 349 g/mol. The van der Waals surface area contributed by atoms with Crippen molar-refractivity contribution in [2.75, 3.05) is 31.6 Å². The predicted octanol–water partition coefficient (Wildman–Crippen LogP) is 4.22. The van der Waals surface area contributed by atoms with E-state index < -0.39 is 0 Å². The molecule has 3 nitrogen and oxygen atoms in total. The zero-order valence-electron chi connectivity index (χ0n) is 16.2. The Morgan fingerprint density at radius 2 is 1.73 bits per heavy atom. The molecule has 0 atom stereocenters. The summed E-state index contributed by atoms with van der Waals surface area (Å²) in [5, 5.41) is 9.18. The number of aliphatic hydroxyl groups excluding tert-OH is 1. The zero-order valence-corrected chi connectivity index (χ0v) is 16.2. The van der Waals surface area contributed by atoms with Crippen LogP contribution < -0.4 is 4.90 Å². The number of aliphatic hydroxyl groups is 1. The molecular formula is C23H29N2O+. The van der Waals surface area contributed by atoms with Crippen LogP contribution in [-0.2, 0) is 5.41 Å². The number of nitrogens with zero attached hydrogens (tertiary/aromatic N) is 2. The third-order valence-electron chi connectivity index (χ3n) is 5.38. The highest BCUT2D eigenvalue weighted by Gasteiger charge is 2.42. The maximum Gasteiger partial charge on any atom is 0.209 e. The minimum atomic E-state index is 0.00190. The molecule has 0 saturated heterocycles. The summed E-state index contributed by atoms with van der Waals surface area (Å²) in [6, 6.07) is 17.2. The lowest BCUT2D eigenvalue weighted by atomic mass is 9.81. The lowest BCUT2D eigenvalue weighted by Crippen LogP contribution is -2.26. The van der Waals surface area contributed by atoms with Crippen molar-refractivity contribution < 1.29 is 9.68 Å². The van der Waals surface area contributed by atoms with E-state index in [0.717, 1.165) is 12.2 Å². The molecule has 2 aromatic carbocycles. The van der Waals surface area contributed by atoms with Crippen LogP contribution in [0.15, 0.2) is 54.6 Å². The molecule has 1 N–H and O–H groups in total. The van der Waals surface area contributed by atoms with Gasteiger partial charge in [-0.25, -0.2) is 0 Å². The van der Waals surface area contributed by atoms with E-state index >= 15 is 0 Å². The fourth-order valence-electron chi connectivity index (χ4n) is 3.86. The number of benzene rings is 2. The third kappa shape index (κ3) is 3.32. The first-order chi connectivity index (χ1) is 12.5. The Labute approximate surface area is 156 Å². The lowest BCUT2D eigenvalue weighted by Gasteiger charge is -2.21. The smallest absolute Gasteiger partial charge is 0.209 e. The van der Waals surface area contributed by atoms with Crippen molar-refractivity contribution in [1.29, 1.82) is 0 Å². The van der Waals surface area contributed by atoms with E-state index in [4.69, 9.17) is 0 Å². The topological polar surface area (TPSA) is 26.5 Å². The molecule has 2 aromatic rings. The van der Waals surface area contributed by atoms with Gasteiger partial charge in [-0.15, -0.1) is 0 Å². The van der Waals surface area contributed by atoms with Crippen LogP contribution in [0.3, 0.4) is 0 Å². The second-order valence-corrected chi connectivity index (χ2v) is 7.31. The molecule has 0 radical (unpaired) electrons. The van der Waals surface area contributed by atoms with Crippen LogP contribution in [0, 0.1) is 0 Å². The first-order valence-electron chi connectivity index (χ1n) is 9.33. The molecule has 0 fully saturated rings. The first-order valence-corrected chi connectivity index (χ1v) is 9.33. The standard InChI is InChI=1S/C23H29N2O/c1-5-25(16-17-26)19-13-10-18(11-14-19)12-15-22-23(2,3)20-8-6-7-9-21(20)24(22)4/h6-15,26H,5,16-17H2,1-4H3/q+1. The summed E-state index contributed by atoms with van der Waals surface area (Å²) < 4.78 is 2.29. The van der Waals surface area contributed by atoms with Gasteiger partial charge in [0.25, 0.3) is 0 Å². The summed E-state index contributed by atoms with van der Waals surface area (Å²) in [6.07, 6.45) is 4.42. The minimum Gasteiger partial charge on any atom is -0.395 e. The predicted molar refractivity (Wildman–Crippen MR) is 111 cm³/mol. The third-order valence-corrected chi connectivity index (χ3v) is 5.38. The summed E-state index contributed by atoms with van der Waals surface area (Å²) in [6.45, 7) is 8.41. The molecule has 3 rings (SSSR count). The highest BCUT2D eigenvalue weighted by Crippen LogP contribution is 2.39. The van der Waals surface area contributed by atoms with Crippen LogP contribution in [0.4, 0.5) is 11.4 Å². The van der Waals surface area contributed by atoms with Gasteiger partial charge in [0.05, 0.1) is 12.0 Å². The van der Waals surface area contributed by atoms with Crippen LogP contribution >= 0.6 is 0 Å². The average Bonchev–Trinajstić information content (AvgIpc) is 2.85. The van der Waals surface area contributed by atoms with E-state index in [1.54, 1.807) is 0 Å². The number of hydrogen-bond donors (Lipinski definition) is 1. The van der Waals surface area contributed by atoms with Crippen molar-refractivity contribution in [3.05, 3.63) is 65.7 Å². The summed E-state index contributed by atoms with van der Waals surface area (Å²) in [5.41, 5.74) is 6.30. The van der Waals surface area contributed by atoms with E-state index in [1.165, 1.54) is 22.5 Å². The van der Waals surface area contributed by atoms with Gasteiger partial charge in [-0.3, -0.25) is 0 Å². The molecule has 3 heteroatoms. The Morgan fingerprint density at radius 3 is 2.35 bits per heavy atom. The highest BCUT2D eigenvalue weighted by molar-refractivity contribution is 6.05. The minimum absolute atomic E-state index is 0.00190. The van der Waals surface area contributed by atoms with Gasteiger partial charge >= 0.3 is 0 Å². The first kappa shape index (κ1) is 18.4. The number of likely N-dealkylation sites (N-methyl/N-ethyl adjacent to an activating group) is 1. The molecule has 1 aliphatic rings. The number of anilines is 1. The molecule has 1 heterocycles. The van der Waals surface area contributed by atoms with Gasteiger partial charge in [-0.2, -0.15) is 4.58 Å². The normalized spacial score (nSPS) is 15.6. The SMILES string of the molecule is CCN(CCO)c1ccc(/C=C/C2=[N+](C)c3ccccc3C2(C)C)cc1. The van der Waals surface area contributed by atoms with Gasteiger partial charge < -0.3 is 10.0 Å². The second-order valence-electron chi connectivity index (χ2n) is 7.31. The number of rotatable bonds is 6. The fourth-order valence-corrected chi connectivity index (χ4v) is 3.86. The van der Waals surface area contributed by atoms with Crippen molar-refractivity contribution in [3.63, 3.8) is 0 Å². The van der Waals surface area contributed by atoms with E-state index in [9.17, 15) is 5.11 Å². The van der Waals surface area contributed by atoms with Gasteiger partial charge in [0.2, 0.25) is 5.69 Å². The highest BCUT2D eigenvalue weighted by atomic mass is 16.3. The molecule has 0 bridgehead atoms. The molecule has 0 spiro atoms. The lowest BCUT2D eigenvalue weighted by molar-refractivity contribution is -0.401. The average molecular weight is 349 g/mol. The number of para-hydroxylation sites is 1. The van der Waals surface area contributed by atoms with Crippen LogP contribution in [0.1, 0.15) is 31.9 Å². The molecule has 0 unspecified atom stereocenters. The van der Waals surface area contributed by atoms with Crippen LogP contribution in [0.2, 0.25) is 0 Å². The molecule has 0 aliphatic carbocycles. The fraction of sp³-hybridized carbons (Fsp3) is 0.348. The number of fused-ring (bicyclic) bond motifs is 1. The largest absolute Gasteiger partial charge is 0.395 e. The van der Waals surface area contributed by atoms with Gasteiger partial charge in [0, 0.05) is 36.5 Å². The van der Waals surface area contributed by atoms with E-state index in [0.29, 0.717) is 6.54 Å². The maximum absolute atomic E-state index is 9.18. The van der Waals surface area contributed by atoms with Gasteiger partial charge in [0.1, 0.15) is 7.05 Å². The van der Waals surface area contributed by atoms with Gasteiger partial charge in [-0.1, -0.05) is 30.3 Å².